The Morgan fingerprint density at radius 3 is 1.27 bits per heavy atom. The molecular formula is C56H86N6O4. The molecule has 2 aromatic heterocycles. The minimum atomic E-state index is -0.487. The van der Waals surface area contributed by atoms with Gasteiger partial charge in [0.1, 0.15) is 24.2 Å². The van der Waals surface area contributed by atoms with Crippen LogP contribution in [0.4, 0.5) is 0 Å². The van der Waals surface area contributed by atoms with Gasteiger partial charge in [-0.15, -0.1) is 0 Å². The van der Waals surface area contributed by atoms with E-state index in [1.54, 1.807) is 34.2 Å². The van der Waals surface area contributed by atoms with E-state index >= 15 is 0 Å². The molecule has 364 valence electrons. The third-order valence-electron chi connectivity index (χ3n) is 21.7. The van der Waals surface area contributed by atoms with Gasteiger partial charge in [-0.25, -0.2) is 0 Å². The summed E-state index contributed by atoms with van der Waals surface area (Å²) in [5, 5.41) is 48.2. The van der Waals surface area contributed by atoms with Crippen molar-refractivity contribution in [2.45, 2.75) is 209 Å². The number of nitrogens with zero attached hydrogens (tertiary/aromatic N) is 6. The van der Waals surface area contributed by atoms with Crippen LogP contribution in [-0.2, 0) is 9.59 Å². The highest BCUT2D eigenvalue weighted by Gasteiger charge is 2.64. The summed E-state index contributed by atoms with van der Waals surface area (Å²) in [7, 11) is 0. The molecule has 0 radical (unpaired) electrons. The second-order valence-electron chi connectivity index (χ2n) is 24.9. The lowest BCUT2D eigenvalue weighted by atomic mass is 9.44. The molecule has 0 spiro atoms. The molecule has 2 aromatic rings. The van der Waals surface area contributed by atoms with Gasteiger partial charge in [0.05, 0.1) is 34.7 Å². The second kappa shape index (κ2) is 17.9. The van der Waals surface area contributed by atoms with E-state index < -0.39 is 11.2 Å². The molecule has 2 N–H and O–H groups in total. The van der Waals surface area contributed by atoms with E-state index in [1.165, 1.54) is 51.4 Å². The van der Waals surface area contributed by atoms with Crippen molar-refractivity contribution in [3.63, 3.8) is 0 Å². The molecule has 8 aliphatic carbocycles. The number of carbonyl (C=O) groups is 2. The third kappa shape index (κ3) is 8.16. The highest BCUT2D eigenvalue weighted by Crippen LogP contribution is 2.70. The Labute approximate surface area is 398 Å². The maximum atomic E-state index is 13.7. The normalized spacial score (nSPS) is 45.0. The quantitative estimate of drug-likeness (QED) is 0.290. The van der Waals surface area contributed by atoms with Crippen LogP contribution in [0.15, 0.2) is 24.8 Å². The largest absolute Gasteiger partial charge is 0.390 e. The van der Waals surface area contributed by atoms with Crippen LogP contribution in [0.5, 0.6) is 0 Å². The number of hydrogen-bond donors (Lipinski definition) is 2. The zero-order chi connectivity index (χ0) is 45.8. The van der Waals surface area contributed by atoms with Crippen molar-refractivity contribution in [1.29, 1.82) is 10.5 Å². The first kappa shape index (κ1) is 50.5. The first-order valence-electron chi connectivity index (χ1n) is 25.6. The number of ketones is 2. The van der Waals surface area contributed by atoms with Crippen LogP contribution < -0.4 is 0 Å². The second-order valence-corrected chi connectivity index (χ2v) is 24.9. The Morgan fingerprint density at radius 1 is 0.561 bits per heavy atom. The molecule has 0 amide bonds. The Balaban J connectivity index is 0.000000191. The van der Waals surface area contributed by atoms with Crippen molar-refractivity contribution in [3.05, 3.63) is 35.9 Å². The third-order valence-corrected chi connectivity index (χ3v) is 21.7. The number of aromatic nitrogens is 4. The van der Waals surface area contributed by atoms with Gasteiger partial charge in [0.25, 0.3) is 0 Å². The number of carbonyl (C=O) groups excluding carboxylic acids is 2. The molecule has 0 unspecified atom stereocenters. The molecule has 0 aliphatic heterocycles. The number of Topliss-reactive ketones (excluding diaryl/α,β-unsaturated/α-hetero) is 2. The van der Waals surface area contributed by atoms with Gasteiger partial charge in [0.15, 0.2) is 11.6 Å². The van der Waals surface area contributed by atoms with Gasteiger partial charge in [-0.2, -0.15) is 20.7 Å². The fourth-order valence-electron chi connectivity index (χ4n) is 17.9. The summed E-state index contributed by atoms with van der Waals surface area (Å²) >= 11 is 0. The Kier molecular flexibility index (Phi) is 13.7. The fourth-order valence-corrected chi connectivity index (χ4v) is 17.9. The smallest absolute Gasteiger partial charge is 0.160 e. The van der Waals surface area contributed by atoms with Crippen LogP contribution in [0.3, 0.4) is 0 Å². The summed E-state index contributed by atoms with van der Waals surface area (Å²) in [5.74, 6) is 6.27. The summed E-state index contributed by atoms with van der Waals surface area (Å²) in [6.07, 6.45) is 26.7. The Bertz CT molecular complexity index is 2040. The molecule has 8 saturated carbocycles. The van der Waals surface area contributed by atoms with E-state index in [4.69, 9.17) is 10.5 Å². The van der Waals surface area contributed by atoms with Crippen molar-refractivity contribution in [3.8, 4) is 12.1 Å². The first-order chi connectivity index (χ1) is 30.2. The van der Waals surface area contributed by atoms with Gasteiger partial charge in [-0.3, -0.25) is 19.0 Å². The molecule has 66 heavy (non-hydrogen) atoms. The predicted octanol–water partition coefficient (Wildman–Crippen LogP) is 11.9. The highest BCUT2D eigenvalue weighted by molar-refractivity contribution is 5.86. The molecule has 18 atom stereocenters. The average Bonchev–Trinajstić information content (AvgIpc) is 4.08. The lowest BCUT2D eigenvalue weighted by Crippen LogP contribution is -2.55. The minimum absolute atomic E-state index is 0. The summed E-state index contributed by atoms with van der Waals surface area (Å²) in [6, 6.07) is 3.60. The molecule has 0 aromatic carbocycles. The zero-order valence-corrected chi connectivity index (χ0v) is 40.4. The number of fused-ring (bicyclic) bond motifs is 10. The number of aliphatic hydroxyl groups is 2. The van der Waals surface area contributed by atoms with E-state index in [0.29, 0.717) is 57.2 Å². The van der Waals surface area contributed by atoms with E-state index in [9.17, 15) is 19.8 Å². The fraction of sp³-hybridized carbons (Fsp3) is 0.821. The van der Waals surface area contributed by atoms with E-state index in [-0.39, 0.29) is 49.6 Å². The number of hydrogen-bond acceptors (Lipinski definition) is 8. The minimum Gasteiger partial charge on any atom is -0.390 e. The van der Waals surface area contributed by atoms with E-state index in [2.05, 4.69) is 50.0 Å². The molecule has 2 heterocycles. The highest BCUT2D eigenvalue weighted by atomic mass is 16.3. The van der Waals surface area contributed by atoms with E-state index in [1.807, 2.05) is 27.7 Å². The first-order valence-corrected chi connectivity index (χ1v) is 25.6. The average molecular weight is 907 g/mol. The molecule has 10 nitrogen and oxygen atoms in total. The van der Waals surface area contributed by atoms with Crippen molar-refractivity contribution in [2.75, 3.05) is 0 Å². The van der Waals surface area contributed by atoms with Gasteiger partial charge in [0, 0.05) is 24.2 Å². The molecule has 8 fully saturated rings. The maximum Gasteiger partial charge on any atom is 0.160 e. The van der Waals surface area contributed by atoms with Crippen molar-refractivity contribution >= 4 is 11.6 Å². The Hall–Kier alpha value is -3.34. The van der Waals surface area contributed by atoms with Gasteiger partial charge < -0.3 is 10.2 Å². The van der Waals surface area contributed by atoms with Crippen LogP contribution in [0.2, 0.25) is 0 Å². The lowest BCUT2D eigenvalue weighted by Gasteiger charge is -2.61. The van der Waals surface area contributed by atoms with Crippen LogP contribution in [0.1, 0.15) is 209 Å². The summed E-state index contributed by atoms with van der Waals surface area (Å²) in [4.78, 5) is 27.3. The van der Waals surface area contributed by atoms with E-state index in [0.717, 1.165) is 87.9 Å². The standard InChI is InChI=1S/2C27H39N3O2.2CH4/c2*1-17(30-16-18(14-28)15-29-30)24(31)23-8-7-21-20-6-5-19-13-25(2,32)11-12-26(19,3)22(20)9-10-27(21,23)4;;/h2*15-17,19-23,32H,5-13H2,1-4H3;2*1H4/t17-,19+,20+,21+,22+,23-,25-,26+,27+;17-,19-,20-,21-,22-,23+,25+,26-,27-;;/m10../s1. The summed E-state index contributed by atoms with van der Waals surface area (Å²) in [6.45, 7) is 17.8. The number of nitriles is 2. The molecule has 10 heteroatoms. The van der Waals surface area contributed by atoms with Crippen molar-refractivity contribution < 1.29 is 19.8 Å². The zero-order valence-electron chi connectivity index (χ0n) is 40.4. The SMILES string of the molecule is C.C.C[C@@H](C(=O)[C@H]1CC[C@H]2[C@@H]3CC[C@H]4C[C@](C)(O)CC[C@]4(C)[C@H]3CC[C@]12C)n1cc(C#N)cn1.C[C@H](C(=O)[C@H]1CC[C@H]2[C@@H]3CC[C@H]4C[C@](C)(O)CC[C@]4(C)[C@H]3CC[C@]12C)n1cc(C#N)cn1. The monoisotopic (exact) mass is 907 g/mol. The molecule has 8 aliphatic rings. The Morgan fingerprint density at radius 2 is 0.924 bits per heavy atom. The van der Waals surface area contributed by atoms with Gasteiger partial charge >= 0.3 is 0 Å². The van der Waals surface area contributed by atoms with Gasteiger partial charge in [0.2, 0.25) is 0 Å². The topological polar surface area (TPSA) is 158 Å². The lowest BCUT2D eigenvalue weighted by molar-refractivity contribution is -0.151. The van der Waals surface area contributed by atoms with Gasteiger partial charge in [-0.05, 0) is 212 Å². The molecule has 0 bridgehead atoms. The number of rotatable bonds is 6. The van der Waals surface area contributed by atoms with Crippen LogP contribution in [0, 0.1) is 104 Å². The van der Waals surface area contributed by atoms with Crippen LogP contribution in [-0.4, -0.2) is 52.5 Å². The predicted molar refractivity (Wildman–Crippen MR) is 258 cm³/mol. The van der Waals surface area contributed by atoms with Crippen molar-refractivity contribution in [1.82, 2.24) is 19.6 Å². The molecular weight excluding hydrogens is 821 g/mol. The van der Waals surface area contributed by atoms with Gasteiger partial charge in [-0.1, -0.05) is 42.5 Å². The maximum absolute atomic E-state index is 13.7. The summed E-state index contributed by atoms with van der Waals surface area (Å²) < 4.78 is 3.37. The molecule has 10 rings (SSSR count). The molecule has 0 saturated heterocycles. The summed E-state index contributed by atoms with van der Waals surface area (Å²) in [5.41, 5.74) is 0.921. The van der Waals surface area contributed by atoms with Crippen LogP contribution >= 0.6 is 0 Å². The van der Waals surface area contributed by atoms with Crippen molar-refractivity contribution in [2.24, 2.45) is 80.8 Å². The van der Waals surface area contributed by atoms with Crippen LogP contribution in [0.25, 0.3) is 0 Å².